The van der Waals surface area contributed by atoms with Crippen LogP contribution < -0.4 is 5.32 Å². The van der Waals surface area contributed by atoms with E-state index in [4.69, 9.17) is 9.84 Å². The van der Waals surface area contributed by atoms with Crippen molar-refractivity contribution in [2.24, 2.45) is 0 Å². The van der Waals surface area contributed by atoms with Gasteiger partial charge >= 0.3 is 6.09 Å². The van der Waals surface area contributed by atoms with Crippen LogP contribution in [-0.4, -0.2) is 11.2 Å². The number of carbonyl (C=O) groups is 1. The zero-order chi connectivity index (χ0) is 14.4. The molecule has 0 aromatic heterocycles. The quantitative estimate of drug-likeness (QED) is 0.901. The predicted octanol–water partition coefficient (Wildman–Crippen LogP) is 3.07. The molecule has 0 bridgehead atoms. The van der Waals surface area contributed by atoms with Crippen molar-refractivity contribution in [1.29, 1.82) is 0 Å². The molecule has 104 valence electrons. The second kappa shape index (κ2) is 6.68. The number of ether oxygens (including phenoxy) is 1. The van der Waals surface area contributed by atoms with E-state index in [1.165, 1.54) is 12.1 Å². The van der Waals surface area contributed by atoms with E-state index in [-0.39, 0.29) is 18.9 Å². The lowest BCUT2D eigenvalue weighted by Gasteiger charge is -2.08. The molecule has 0 atom stereocenters. The highest BCUT2D eigenvalue weighted by atomic mass is 19.1. The fraction of sp³-hybridized carbons (Fsp3) is 0.133. The highest BCUT2D eigenvalue weighted by Gasteiger charge is 2.06. The lowest BCUT2D eigenvalue weighted by Crippen LogP contribution is -2.13. The molecule has 0 saturated carbocycles. The number of hydrogen-bond acceptors (Lipinski definition) is 3. The Balaban J connectivity index is 1.93. The van der Waals surface area contributed by atoms with Crippen molar-refractivity contribution in [2.45, 2.75) is 13.2 Å². The van der Waals surface area contributed by atoms with Crippen molar-refractivity contribution >= 4 is 11.8 Å². The van der Waals surface area contributed by atoms with Crippen LogP contribution in [0.2, 0.25) is 0 Å². The smallest absolute Gasteiger partial charge is 0.411 e. The highest BCUT2D eigenvalue weighted by Crippen LogP contribution is 2.14. The van der Waals surface area contributed by atoms with Crippen LogP contribution in [0, 0.1) is 5.82 Å². The number of anilines is 1. The van der Waals surface area contributed by atoms with Gasteiger partial charge in [0.15, 0.2) is 0 Å². The fourth-order valence-corrected chi connectivity index (χ4v) is 1.69. The number of carbonyl (C=O) groups excluding carboxylic acids is 1. The number of benzene rings is 2. The van der Waals surface area contributed by atoms with E-state index in [0.717, 1.165) is 11.6 Å². The molecule has 0 saturated heterocycles. The first-order valence-corrected chi connectivity index (χ1v) is 6.05. The molecule has 0 unspecified atom stereocenters. The van der Waals surface area contributed by atoms with Crippen LogP contribution in [0.5, 0.6) is 0 Å². The number of aliphatic hydroxyl groups excluding tert-OH is 1. The summed E-state index contributed by atoms with van der Waals surface area (Å²) in [4.78, 5) is 11.6. The van der Waals surface area contributed by atoms with E-state index in [2.05, 4.69) is 5.32 Å². The molecule has 1 amide bonds. The standard InChI is InChI=1S/C15H14FNO3/c16-13-6-12(9-18)7-14(8-13)17-15(19)20-10-11-4-2-1-3-5-11/h1-8,18H,9-10H2,(H,17,19). The van der Waals surface area contributed by atoms with Crippen molar-refractivity contribution in [3.05, 3.63) is 65.5 Å². The van der Waals surface area contributed by atoms with Gasteiger partial charge in [0.25, 0.3) is 0 Å². The molecule has 2 rings (SSSR count). The van der Waals surface area contributed by atoms with Crippen LogP contribution in [-0.2, 0) is 18.0 Å². The Morgan fingerprint density at radius 1 is 1.15 bits per heavy atom. The second-order valence-electron chi connectivity index (χ2n) is 4.19. The van der Waals surface area contributed by atoms with Gasteiger partial charge in [-0.1, -0.05) is 30.3 Å². The predicted molar refractivity (Wildman–Crippen MR) is 72.6 cm³/mol. The van der Waals surface area contributed by atoms with Gasteiger partial charge < -0.3 is 9.84 Å². The Kier molecular flexibility index (Phi) is 4.68. The van der Waals surface area contributed by atoms with Crippen molar-refractivity contribution in [3.8, 4) is 0 Å². The molecule has 2 aromatic carbocycles. The monoisotopic (exact) mass is 275 g/mol. The molecule has 4 nitrogen and oxygen atoms in total. The number of rotatable bonds is 4. The van der Waals surface area contributed by atoms with Crippen LogP contribution >= 0.6 is 0 Å². The van der Waals surface area contributed by atoms with Gasteiger partial charge in [-0.15, -0.1) is 0 Å². The summed E-state index contributed by atoms with van der Waals surface area (Å²) in [5.41, 5.74) is 1.48. The van der Waals surface area contributed by atoms with Gasteiger partial charge in [-0.05, 0) is 29.3 Å². The summed E-state index contributed by atoms with van der Waals surface area (Å²) >= 11 is 0. The minimum atomic E-state index is -0.677. The van der Waals surface area contributed by atoms with Crippen LogP contribution in [0.4, 0.5) is 14.9 Å². The van der Waals surface area contributed by atoms with Crippen molar-refractivity contribution < 1.29 is 19.0 Å². The maximum atomic E-state index is 13.2. The van der Waals surface area contributed by atoms with E-state index >= 15 is 0 Å². The number of amides is 1. The van der Waals surface area contributed by atoms with Crippen molar-refractivity contribution in [1.82, 2.24) is 0 Å². The summed E-state index contributed by atoms with van der Waals surface area (Å²) in [5, 5.41) is 11.4. The first kappa shape index (κ1) is 14.0. The van der Waals surface area contributed by atoms with Gasteiger partial charge in [-0.25, -0.2) is 9.18 Å². The van der Waals surface area contributed by atoms with E-state index in [9.17, 15) is 9.18 Å². The zero-order valence-electron chi connectivity index (χ0n) is 10.7. The summed E-state index contributed by atoms with van der Waals surface area (Å²) in [6.07, 6.45) is -0.677. The van der Waals surface area contributed by atoms with Gasteiger partial charge in [0.1, 0.15) is 12.4 Å². The minimum Gasteiger partial charge on any atom is -0.444 e. The maximum absolute atomic E-state index is 13.2. The van der Waals surface area contributed by atoms with E-state index in [1.54, 1.807) is 0 Å². The van der Waals surface area contributed by atoms with E-state index in [1.807, 2.05) is 30.3 Å². The van der Waals surface area contributed by atoms with Gasteiger partial charge in [-0.2, -0.15) is 0 Å². The molecule has 2 N–H and O–H groups in total. The van der Waals surface area contributed by atoms with Gasteiger partial charge in [0.2, 0.25) is 0 Å². The van der Waals surface area contributed by atoms with Gasteiger partial charge in [-0.3, -0.25) is 5.32 Å². The second-order valence-corrected chi connectivity index (χ2v) is 4.19. The maximum Gasteiger partial charge on any atom is 0.411 e. The Bertz CT molecular complexity index is 587. The third-order valence-corrected chi connectivity index (χ3v) is 2.60. The van der Waals surface area contributed by atoms with E-state index < -0.39 is 11.9 Å². The molecular weight excluding hydrogens is 261 g/mol. The molecule has 0 spiro atoms. The summed E-state index contributed by atoms with van der Waals surface area (Å²) in [5.74, 6) is -0.532. The van der Waals surface area contributed by atoms with Crippen molar-refractivity contribution in [3.63, 3.8) is 0 Å². The van der Waals surface area contributed by atoms with Crippen LogP contribution in [0.3, 0.4) is 0 Å². The topological polar surface area (TPSA) is 58.6 Å². The lowest BCUT2D eigenvalue weighted by atomic mass is 10.2. The normalized spacial score (nSPS) is 10.1. The number of aliphatic hydroxyl groups is 1. The van der Waals surface area contributed by atoms with Gasteiger partial charge in [0.05, 0.1) is 6.61 Å². The molecular formula is C15H14FNO3. The minimum absolute atomic E-state index is 0.134. The molecule has 0 fully saturated rings. The first-order valence-electron chi connectivity index (χ1n) is 6.05. The van der Waals surface area contributed by atoms with Crippen LogP contribution in [0.15, 0.2) is 48.5 Å². The van der Waals surface area contributed by atoms with Crippen molar-refractivity contribution in [2.75, 3.05) is 5.32 Å². The first-order chi connectivity index (χ1) is 9.67. The SMILES string of the molecule is O=C(Nc1cc(F)cc(CO)c1)OCc1ccccc1. The molecule has 0 radical (unpaired) electrons. The summed E-state index contributed by atoms with van der Waals surface area (Å²) < 4.78 is 18.2. The Labute approximate surface area is 115 Å². The summed E-state index contributed by atoms with van der Waals surface area (Å²) in [6, 6.07) is 13.1. The number of hydrogen-bond donors (Lipinski definition) is 2. The Hall–Kier alpha value is -2.40. The highest BCUT2D eigenvalue weighted by molar-refractivity contribution is 5.84. The third-order valence-electron chi connectivity index (χ3n) is 2.60. The third kappa shape index (κ3) is 4.07. The van der Waals surface area contributed by atoms with Crippen LogP contribution in [0.25, 0.3) is 0 Å². The molecule has 2 aromatic rings. The summed E-state index contributed by atoms with van der Waals surface area (Å²) in [6.45, 7) is -0.166. The number of nitrogens with one attached hydrogen (secondary N) is 1. The summed E-state index contributed by atoms with van der Waals surface area (Å²) in [7, 11) is 0. The molecule has 0 heterocycles. The number of halogens is 1. The van der Waals surface area contributed by atoms with Gasteiger partial charge in [0, 0.05) is 5.69 Å². The molecule has 0 aliphatic carbocycles. The molecule has 20 heavy (non-hydrogen) atoms. The zero-order valence-corrected chi connectivity index (χ0v) is 10.7. The van der Waals surface area contributed by atoms with Crippen LogP contribution in [0.1, 0.15) is 11.1 Å². The Morgan fingerprint density at radius 2 is 1.90 bits per heavy atom. The lowest BCUT2D eigenvalue weighted by molar-refractivity contribution is 0.155. The average Bonchev–Trinajstić information content (AvgIpc) is 2.45. The molecule has 0 aliphatic rings. The molecule has 0 aliphatic heterocycles. The average molecular weight is 275 g/mol. The van der Waals surface area contributed by atoms with E-state index in [0.29, 0.717) is 5.56 Å². The fourth-order valence-electron chi connectivity index (χ4n) is 1.69. The Morgan fingerprint density at radius 3 is 2.60 bits per heavy atom. The largest absolute Gasteiger partial charge is 0.444 e. The molecule has 5 heteroatoms.